The van der Waals surface area contributed by atoms with Gasteiger partial charge in [-0.15, -0.1) is 0 Å². The van der Waals surface area contributed by atoms with Gasteiger partial charge < -0.3 is 4.74 Å². The van der Waals surface area contributed by atoms with Crippen LogP contribution in [0.4, 0.5) is 13.2 Å². The number of rotatable bonds is 6. The van der Waals surface area contributed by atoms with Crippen LogP contribution in [0, 0.1) is 5.92 Å². The third-order valence-electron chi connectivity index (χ3n) is 2.71. The molecular formula is C9H17F3N2O. The summed E-state index contributed by atoms with van der Waals surface area (Å²) in [7, 11) is 1.51. The number of hydrogen-bond acceptors (Lipinski definition) is 3. The Bertz CT molecular complexity index is 194. The lowest BCUT2D eigenvalue weighted by molar-refractivity contribution is -0.138. The zero-order valence-corrected chi connectivity index (χ0v) is 8.68. The summed E-state index contributed by atoms with van der Waals surface area (Å²) in [5.74, 6) is 5.61. The van der Waals surface area contributed by atoms with Crippen LogP contribution >= 0.6 is 0 Å². The zero-order valence-electron chi connectivity index (χ0n) is 8.68. The van der Waals surface area contributed by atoms with Gasteiger partial charge in [-0.2, -0.15) is 13.2 Å². The molecule has 2 unspecified atom stereocenters. The maximum absolute atomic E-state index is 12.0. The lowest BCUT2D eigenvalue weighted by atomic mass is 10.0. The minimum atomic E-state index is -4.13. The van der Waals surface area contributed by atoms with Crippen molar-refractivity contribution in [1.82, 2.24) is 5.43 Å². The lowest BCUT2D eigenvalue weighted by Crippen LogP contribution is -2.46. The van der Waals surface area contributed by atoms with Gasteiger partial charge >= 0.3 is 6.18 Å². The predicted molar refractivity (Wildman–Crippen MR) is 49.9 cm³/mol. The van der Waals surface area contributed by atoms with Crippen molar-refractivity contribution < 1.29 is 17.9 Å². The first-order chi connectivity index (χ1) is 6.98. The highest BCUT2D eigenvalue weighted by atomic mass is 19.4. The Kier molecular flexibility index (Phi) is 4.36. The molecular weight excluding hydrogens is 209 g/mol. The van der Waals surface area contributed by atoms with Crippen molar-refractivity contribution in [3.8, 4) is 0 Å². The van der Waals surface area contributed by atoms with Gasteiger partial charge in [-0.05, 0) is 25.2 Å². The molecule has 0 spiro atoms. The SMILES string of the molecule is COC(C1CC1)C(CCC(F)(F)F)NN. The smallest absolute Gasteiger partial charge is 0.379 e. The molecule has 0 aliphatic heterocycles. The first-order valence-corrected chi connectivity index (χ1v) is 5.03. The van der Waals surface area contributed by atoms with Crippen molar-refractivity contribution in [2.75, 3.05) is 7.11 Å². The van der Waals surface area contributed by atoms with Gasteiger partial charge in [-0.3, -0.25) is 11.3 Å². The molecule has 0 heterocycles. The number of hydrogen-bond donors (Lipinski definition) is 2. The van der Waals surface area contributed by atoms with Crippen molar-refractivity contribution in [2.45, 2.75) is 44.0 Å². The molecule has 0 saturated heterocycles. The summed E-state index contributed by atoms with van der Waals surface area (Å²) in [5.41, 5.74) is 2.42. The molecule has 1 rings (SSSR count). The van der Waals surface area contributed by atoms with Crippen molar-refractivity contribution >= 4 is 0 Å². The van der Waals surface area contributed by atoms with Gasteiger partial charge in [-0.25, -0.2) is 0 Å². The quantitative estimate of drug-likeness (QED) is 0.534. The molecule has 15 heavy (non-hydrogen) atoms. The van der Waals surface area contributed by atoms with Crippen LogP contribution in [0.2, 0.25) is 0 Å². The molecule has 3 N–H and O–H groups in total. The first kappa shape index (κ1) is 12.7. The average Bonchev–Trinajstić information content (AvgIpc) is 2.94. The summed E-state index contributed by atoms with van der Waals surface area (Å²) in [5, 5.41) is 0. The molecule has 0 aromatic carbocycles. The summed E-state index contributed by atoms with van der Waals surface area (Å²) in [6.45, 7) is 0. The van der Waals surface area contributed by atoms with Gasteiger partial charge in [0.1, 0.15) is 0 Å². The summed E-state index contributed by atoms with van der Waals surface area (Å²) < 4.78 is 41.3. The molecule has 90 valence electrons. The standard InChI is InChI=1S/C9H17F3N2O/c1-15-8(6-2-3-6)7(14-13)4-5-9(10,11)12/h6-8,14H,2-5,13H2,1H3. The number of nitrogens with two attached hydrogens (primary N) is 1. The van der Waals surface area contributed by atoms with Crippen molar-refractivity contribution in [2.24, 2.45) is 11.8 Å². The van der Waals surface area contributed by atoms with Crippen LogP contribution in [0.3, 0.4) is 0 Å². The van der Waals surface area contributed by atoms with Crippen molar-refractivity contribution in [1.29, 1.82) is 0 Å². The second kappa shape index (κ2) is 5.14. The Balaban J connectivity index is 2.39. The normalized spacial score (nSPS) is 21.4. The average molecular weight is 226 g/mol. The Hall–Kier alpha value is -0.330. The molecule has 0 bridgehead atoms. The van der Waals surface area contributed by atoms with E-state index in [1.807, 2.05) is 0 Å². The highest BCUT2D eigenvalue weighted by Crippen LogP contribution is 2.37. The van der Waals surface area contributed by atoms with Gasteiger partial charge in [0.25, 0.3) is 0 Å². The largest absolute Gasteiger partial charge is 0.389 e. The molecule has 6 heteroatoms. The van der Waals surface area contributed by atoms with Gasteiger partial charge in [-0.1, -0.05) is 0 Å². The van der Waals surface area contributed by atoms with Crippen LogP contribution < -0.4 is 11.3 Å². The summed E-state index contributed by atoms with van der Waals surface area (Å²) in [6, 6.07) is -0.413. The van der Waals surface area contributed by atoms with E-state index in [2.05, 4.69) is 5.43 Å². The minimum Gasteiger partial charge on any atom is -0.379 e. The molecule has 1 aliphatic carbocycles. The van der Waals surface area contributed by atoms with Gasteiger partial charge in [0.2, 0.25) is 0 Å². The fourth-order valence-electron chi connectivity index (χ4n) is 1.77. The molecule has 0 aromatic rings. The number of halogens is 3. The molecule has 1 saturated carbocycles. The Morgan fingerprint density at radius 2 is 2.07 bits per heavy atom. The summed E-state index contributed by atoms with van der Waals surface area (Å²) in [4.78, 5) is 0. The van der Waals surface area contributed by atoms with Crippen LogP contribution in [-0.2, 0) is 4.74 Å². The van der Waals surface area contributed by atoms with Gasteiger partial charge in [0, 0.05) is 19.6 Å². The third-order valence-corrected chi connectivity index (χ3v) is 2.71. The fraction of sp³-hybridized carbons (Fsp3) is 1.00. The maximum Gasteiger partial charge on any atom is 0.389 e. The topological polar surface area (TPSA) is 47.3 Å². The number of ether oxygens (including phenoxy) is 1. The van der Waals surface area contributed by atoms with E-state index in [4.69, 9.17) is 10.6 Å². The van der Waals surface area contributed by atoms with Gasteiger partial charge in [0.15, 0.2) is 0 Å². The van der Waals surface area contributed by atoms with Crippen LogP contribution in [-0.4, -0.2) is 25.4 Å². The first-order valence-electron chi connectivity index (χ1n) is 5.03. The van der Waals surface area contributed by atoms with E-state index < -0.39 is 18.6 Å². The number of hydrazine groups is 1. The van der Waals surface area contributed by atoms with Crippen molar-refractivity contribution in [3.63, 3.8) is 0 Å². The second-order valence-electron chi connectivity index (χ2n) is 3.96. The molecule has 0 radical (unpaired) electrons. The van der Waals surface area contributed by atoms with E-state index in [9.17, 15) is 13.2 Å². The van der Waals surface area contributed by atoms with E-state index in [0.717, 1.165) is 12.8 Å². The highest BCUT2D eigenvalue weighted by molar-refractivity contribution is 4.89. The Morgan fingerprint density at radius 1 is 1.47 bits per heavy atom. The van der Waals surface area contributed by atoms with Crippen LogP contribution in [0.25, 0.3) is 0 Å². The molecule has 1 fully saturated rings. The lowest BCUT2D eigenvalue weighted by Gasteiger charge is -2.25. The van der Waals surface area contributed by atoms with E-state index in [0.29, 0.717) is 5.92 Å². The molecule has 1 aliphatic rings. The molecule has 3 nitrogen and oxygen atoms in total. The minimum absolute atomic E-state index is 0.0327. The third kappa shape index (κ3) is 4.36. The highest BCUT2D eigenvalue weighted by Gasteiger charge is 2.38. The predicted octanol–water partition coefficient (Wildman–Crippen LogP) is 1.59. The summed E-state index contributed by atoms with van der Waals surface area (Å²) >= 11 is 0. The van der Waals surface area contributed by atoms with Crippen LogP contribution in [0.1, 0.15) is 25.7 Å². The van der Waals surface area contributed by atoms with E-state index in [-0.39, 0.29) is 12.5 Å². The van der Waals surface area contributed by atoms with Gasteiger partial charge in [0.05, 0.1) is 6.10 Å². The number of methoxy groups -OCH3 is 1. The second-order valence-corrected chi connectivity index (χ2v) is 3.96. The van der Waals surface area contributed by atoms with Crippen LogP contribution in [0.15, 0.2) is 0 Å². The van der Waals surface area contributed by atoms with E-state index in [1.54, 1.807) is 0 Å². The van der Waals surface area contributed by atoms with Crippen LogP contribution in [0.5, 0.6) is 0 Å². The number of nitrogens with one attached hydrogen (secondary N) is 1. The maximum atomic E-state index is 12.0. The monoisotopic (exact) mass is 226 g/mol. The molecule has 0 amide bonds. The fourth-order valence-corrected chi connectivity index (χ4v) is 1.77. The summed E-state index contributed by atoms with van der Waals surface area (Å²) in [6.07, 6.45) is -3.15. The Morgan fingerprint density at radius 3 is 2.40 bits per heavy atom. The van der Waals surface area contributed by atoms with Crippen molar-refractivity contribution in [3.05, 3.63) is 0 Å². The zero-order chi connectivity index (χ0) is 11.5. The Labute approximate surface area is 87.1 Å². The number of alkyl halides is 3. The van der Waals surface area contributed by atoms with E-state index in [1.165, 1.54) is 7.11 Å². The van der Waals surface area contributed by atoms with E-state index >= 15 is 0 Å². The molecule has 0 aromatic heterocycles. The molecule has 2 atom stereocenters.